The van der Waals surface area contributed by atoms with Gasteiger partial charge in [-0.2, -0.15) is 0 Å². The lowest BCUT2D eigenvalue weighted by atomic mass is 10.0. The van der Waals surface area contributed by atoms with Gasteiger partial charge in [-0.05, 0) is 35.6 Å². The molecule has 0 spiro atoms. The fourth-order valence-corrected chi connectivity index (χ4v) is 2.77. The van der Waals surface area contributed by atoms with Crippen LogP contribution in [-0.2, 0) is 0 Å². The average Bonchev–Trinajstić information content (AvgIpc) is 3.19. The van der Waals surface area contributed by atoms with Crippen LogP contribution < -0.4 is 0 Å². The topological polar surface area (TPSA) is 0 Å². The lowest BCUT2D eigenvalue weighted by Gasteiger charge is -2.02. The molecule has 4 rings (SSSR count). The second-order valence-corrected chi connectivity index (χ2v) is 5.93. The van der Waals surface area contributed by atoms with Crippen molar-refractivity contribution in [2.24, 2.45) is 0 Å². The molecule has 0 saturated heterocycles. The molecule has 0 N–H and O–H groups in total. The van der Waals surface area contributed by atoms with E-state index in [1.165, 1.54) is 27.8 Å². The molecule has 0 atom stereocenters. The molecule has 0 fully saturated rings. The lowest BCUT2D eigenvalue weighted by Crippen LogP contribution is -1.81. The molecular weight excluding hydrogens is 288 g/mol. The highest BCUT2D eigenvalue weighted by Gasteiger charge is 2.01. The van der Waals surface area contributed by atoms with Gasteiger partial charge in [0.05, 0.1) is 0 Å². The summed E-state index contributed by atoms with van der Waals surface area (Å²) in [6, 6.07) is 29.4. The summed E-state index contributed by atoms with van der Waals surface area (Å²) in [6.45, 7) is 2.13. The van der Waals surface area contributed by atoms with Gasteiger partial charge in [0.2, 0.25) is 0 Å². The Morgan fingerprint density at radius 2 is 1.21 bits per heavy atom. The molecule has 24 heavy (non-hydrogen) atoms. The molecule has 0 radical (unpaired) electrons. The Kier molecular flexibility index (Phi) is 5.42. The Morgan fingerprint density at radius 3 is 1.71 bits per heavy atom. The molecule has 118 valence electrons. The summed E-state index contributed by atoms with van der Waals surface area (Å²) in [4.78, 5) is 0. The molecule has 3 aromatic rings. The summed E-state index contributed by atoms with van der Waals surface area (Å²) >= 11 is 0. The average molecular weight is 310 g/mol. The Labute approximate surface area is 144 Å². The molecule has 0 saturated carbocycles. The number of benzene rings is 3. The first-order valence-electron chi connectivity index (χ1n) is 8.36. The smallest absolute Gasteiger partial charge is 0.00884 e. The van der Waals surface area contributed by atoms with Gasteiger partial charge < -0.3 is 0 Å². The third-order valence-corrected chi connectivity index (χ3v) is 4.04. The highest BCUT2D eigenvalue weighted by atomic mass is 14.1. The standard InChI is InChI=1S/C12H12.C12H10/c1-10-5-4-8-12(9-10)11-6-2-3-7-11;1-3-7-11(8-4-1)12-9-5-2-6-10-12/h2-6,8-9H,7H2,1H3;1-10H. The zero-order chi connectivity index (χ0) is 16.6. The largest absolute Gasteiger partial charge is 0.0801 e. The quantitative estimate of drug-likeness (QED) is 0.494. The van der Waals surface area contributed by atoms with Crippen molar-refractivity contribution in [1.82, 2.24) is 0 Å². The van der Waals surface area contributed by atoms with Gasteiger partial charge in [-0.1, -0.05) is 109 Å². The summed E-state index contributed by atoms with van der Waals surface area (Å²) in [5.41, 5.74) is 6.68. The molecule has 1 aliphatic carbocycles. The van der Waals surface area contributed by atoms with Crippen LogP contribution in [0.15, 0.2) is 103 Å². The van der Waals surface area contributed by atoms with E-state index in [1.807, 2.05) is 12.1 Å². The molecule has 0 amide bonds. The summed E-state index contributed by atoms with van der Waals surface area (Å²) in [6.07, 6.45) is 7.59. The van der Waals surface area contributed by atoms with Crippen molar-refractivity contribution in [2.45, 2.75) is 13.3 Å². The van der Waals surface area contributed by atoms with Crippen LogP contribution in [0, 0.1) is 6.92 Å². The van der Waals surface area contributed by atoms with Gasteiger partial charge in [0.15, 0.2) is 0 Å². The predicted octanol–water partition coefficient (Wildman–Crippen LogP) is 6.69. The van der Waals surface area contributed by atoms with Gasteiger partial charge in [-0.3, -0.25) is 0 Å². The van der Waals surface area contributed by atoms with Crippen LogP contribution in [0.4, 0.5) is 0 Å². The highest BCUT2D eigenvalue weighted by Crippen LogP contribution is 2.23. The Hall–Kier alpha value is -2.86. The molecular formula is C24H22. The van der Waals surface area contributed by atoms with Gasteiger partial charge in [-0.25, -0.2) is 0 Å². The molecule has 1 aliphatic rings. The van der Waals surface area contributed by atoms with Crippen molar-refractivity contribution in [2.75, 3.05) is 0 Å². The van der Waals surface area contributed by atoms with Crippen molar-refractivity contribution in [3.8, 4) is 11.1 Å². The number of hydrogen-bond acceptors (Lipinski definition) is 0. The number of aryl methyl sites for hydroxylation is 1. The monoisotopic (exact) mass is 310 g/mol. The van der Waals surface area contributed by atoms with E-state index < -0.39 is 0 Å². The Bertz CT molecular complexity index is 787. The molecule has 0 aliphatic heterocycles. The van der Waals surface area contributed by atoms with Crippen LogP contribution in [0.2, 0.25) is 0 Å². The molecule has 0 heteroatoms. The van der Waals surface area contributed by atoms with Crippen LogP contribution in [0.25, 0.3) is 16.7 Å². The first-order chi connectivity index (χ1) is 11.8. The van der Waals surface area contributed by atoms with Crippen molar-refractivity contribution >= 4 is 5.57 Å². The van der Waals surface area contributed by atoms with E-state index in [-0.39, 0.29) is 0 Å². The van der Waals surface area contributed by atoms with Crippen molar-refractivity contribution < 1.29 is 0 Å². The number of rotatable bonds is 2. The highest BCUT2D eigenvalue weighted by molar-refractivity contribution is 5.71. The SMILES string of the molecule is Cc1cccc(C2=CC=CC2)c1.c1ccc(-c2ccccc2)cc1. The Morgan fingerprint density at radius 1 is 0.625 bits per heavy atom. The summed E-state index contributed by atoms with van der Waals surface area (Å²) in [5, 5.41) is 0. The summed E-state index contributed by atoms with van der Waals surface area (Å²) in [5.74, 6) is 0. The fraction of sp³-hybridized carbons (Fsp3) is 0.0833. The minimum Gasteiger partial charge on any atom is -0.0801 e. The maximum Gasteiger partial charge on any atom is -0.00884 e. The van der Waals surface area contributed by atoms with Crippen molar-refractivity contribution in [3.05, 3.63) is 114 Å². The molecule has 0 nitrogen and oxygen atoms in total. The summed E-state index contributed by atoms with van der Waals surface area (Å²) < 4.78 is 0. The van der Waals surface area contributed by atoms with E-state index >= 15 is 0 Å². The molecule has 0 bridgehead atoms. The van der Waals surface area contributed by atoms with Gasteiger partial charge in [0.25, 0.3) is 0 Å². The first kappa shape index (κ1) is 16.0. The fourth-order valence-electron chi connectivity index (χ4n) is 2.77. The van der Waals surface area contributed by atoms with E-state index in [2.05, 4.69) is 97.9 Å². The van der Waals surface area contributed by atoms with Crippen LogP contribution in [0.3, 0.4) is 0 Å². The van der Waals surface area contributed by atoms with E-state index in [0.717, 1.165) is 6.42 Å². The van der Waals surface area contributed by atoms with E-state index in [0.29, 0.717) is 0 Å². The van der Waals surface area contributed by atoms with Gasteiger partial charge in [-0.15, -0.1) is 0 Å². The molecule has 0 heterocycles. The Balaban J connectivity index is 0.000000141. The molecule has 0 unspecified atom stereocenters. The second kappa shape index (κ2) is 8.12. The molecule has 0 aromatic heterocycles. The van der Waals surface area contributed by atoms with Crippen LogP contribution >= 0.6 is 0 Å². The van der Waals surface area contributed by atoms with Crippen molar-refractivity contribution in [1.29, 1.82) is 0 Å². The van der Waals surface area contributed by atoms with Gasteiger partial charge in [0.1, 0.15) is 0 Å². The maximum atomic E-state index is 2.23. The number of hydrogen-bond donors (Lipinski definition) is 0. The second-order valence-electron chi connectivity index (χ2n) is 5.93. The van der Waals surface area contributed by atoms with Gasteiger partial charge >= 0.3 is 0 Å². The van der Waals surface area contributed by atoms with E-state index in [1.54, 1.807) is 0 Å². The first-order valence-corrected chi connectivity index (χ1v) is 8.36. The van der Waals surface area contributed by atoms with Crippen LogP contribution in [-0.4, -0.2) is 0 Å². The number of allylic oxidation sites excluding steroid dienone is 4. The van der Waals surface area contributed by atoms with Gasteiger partial charge in [0, 0.05) is 0 Å². The third-order valence-electron chi connectivity index (χ3n) is 4.04. The summed E-state index contributed by atoms with van der Waals surface area (Å²) in [7, 11) is 0. The lowest BCUT2D eigenvalue weighted by molar-refractivity contribution is 1.39. The predicted molar refractivity (Wildman–Crippen MR) is 105 cm³/mol. The van der Waals surface area contributed by atoms with Crippen LogP contribution in [0.5, 0.6) is 0 Å². The zero-order valence-corrected chi connectivity index (χ0v) is 14.0. The normalized spacial score (nSPS) is 12.3. The zero-order valence-electron chi connectivity index (χ0n) is 14.0. The third kappa shape index (κ3) is 4.33. The van der Waals surface area contributed by atoms with Crippen molar-refractivity contribution in [3.63, 3.8) is 0 Å². The van der Waals surface area contributed by atoms with E-state index in [9.17, 15) is 0 Å². The minimum atomic E-state index is 1.09. The maximum absolute atomic E-state index is 2.23. The van der Waals surface area contributed by atoms with Crippen LogP contribution in [0.1, 0.15) is 17.5 Å². The van der Waals surface area contributed by atoms with E-state index in [4.69, 9.17) is 0 Å². The molecule has 3 aromatic carbocycles. The minimum absolute atomic E-state index is 1.09.